The highest BCUT2D eigenvalue weighted by Crippen LogP contribution is 2.53. The highest BCUT2D eigenvalue weighted by molar-refractivity contribution is 6.10. The summed E-state index contributed by atoms with van der Waals surface area (Å²) in [5, 5.41) is 38.7. The van der Waals surface area contributed by atoms with Gasteiger partial charge in [0, 0.05) is 23.3 Å². The van der Waals surface area contributed by atoms with Gasteiger partial charge < -0.3 is 29.9 Å². The van der Waals surface area contributed by atoms with Crippen LogP contribution < -0.4 is 9.47 Å². The minimum atomic E-state index is -1.11. The summed E-state index contributed by atoms with van der Waals surface area (Å²) in [4.78, 5) is 26.0. The summed E-state index contributed by atoms with van der Waals surface area (Å²) in [7, 11) is 0. The fourth-order valence-electron chi connectivity index (χ4n) is 3.98. The Bertz CT molecular complexity index is 929. The molecule has 2 aromatic carbocycles. The number of rotatable bonds is 0. The second-order valence-electron chi connectivity index (χ2n) is 6.59. The quantitative estimate of drug-likeness (QED) is 0.515. The van der Waals surface area contributed by atoms with E-state index in [4.69, 9.17) is 9.47 Å². The molecule has 2 heterocycles. The molecule has 8 nitrogen and oxygen atoms in total. The third-order valence-corrected chi connectivity index (χ3v) is 5.17. The second kappa shape index (κ2) is 4.60. The van der Waals surface area contributed by atoms with E-state index in [0.29, 0.717) is 11.1 Å². The van der Waals surface area contributed by atoms with Crippen molar-refractivity contribution in [1.29, 1.82) is 0 Å². The van der Waals surface area contributed by atoms with E-state index in [-0.39, 0.29) is 11.5 Å². The van der Waals surface area contributed by atoms with Gasteiger partial charge in [0.15, 0.2) is 46.8 Å². The molecule has 0 bridgehead atoms. The predicted molar refractivity (Wildman–Crippen MR) is 83.9 cm³/mol. The molecule has 0 amide bonds. The maximum Gasteiger partial charge on any atom is 0.186 e. The van der Waals surface area contributed by atoms with Crippen molar-refractivity contribution in [2.45, 2.75) is 24.0 Å². The lowest BCUT2D eigenvalue weighted by molar-refractivity contribution is -0.143. The molecular weight excluding hydrogens is 344 g/mol. The van der Waals surface area contributed by atoms with Crippen molar-refractivity contribution >= 4 is 11.6 Å². The molecule has 4 N–H and O–H groups in total. The first kappa shape index (κ1) is 14.9. The molecule has 3 aliphatic rings. The van der Waals surface area contributed by atoms with E-state index in [0.717, 1.165) is 12.1 Å². The van der Waals surface area contributed by atoms with Crippen molar-refractivity contribution < 1.29 is 39.5 Å². The van der Waals surface area contributed by atoms with Crippen LogP contribution in [0.5, 0.6) is 34.5 Å². The van der Waals surface area contributed by atoms with Gasteiger partial charge in [-0.05, 0) is 12.1 Å². The lowest BCUT2D eigenvalue weighted by Crippen LogP contribution is -2.51. The van der Waals surface area contributed by atoms with Gasteiger partial charge in [0.1, 0.15) is 11.5 Å². The summed E-state index contributed by atoms with van der Waals surface area (Å²) in [5.41, 5.74) is 0.625. The molecule has 0 aromatic heterocycles. The fraction of sp³-hybridized carbons (Fsp3) is 0.222. The number of benzene rings is 2. The van der Waals surface area contributed by atoms with Crippen LogP contribution in [0.2, 0.25) is 0 Å². The molecule has 2 aliphatic heterocycles. The average Bonchev–Trinajstić information content (AvgIpc) is 3.13. The highest BCUT2D eigenvalue weighted by atomic mass is 16.5. The summed E-state index contributed by atoms with van der Waals surface area (Å²) >= 11 is 0. The number of carbonyl (C=O) groups is 2. The molecule has 132 valence electrons. The molecule has 1 aliphatic carbocycles. The largest absolute Gasteiger partial charge is 0.504 e. The van der Waals surface area contributed by atoms with Gasteiger partial charge in [0.2, 0.25) is 0 Å². The molecule has 4 unspecified atom stereocenters. The number of ketones is 2. The van der Waals surface area contributed by atoms with Gasteiger partial charge in [-0.15, -0.1) is 0 Å². The van der Waals surface area contributed by atoms with E-state index in [2.05, 4.69) is 0 Å². The third-order valence-electron chi connectivity index (χ3n) is 5.17. The van der Waals surface area contributed by atoms with Crippen LogP contribution in [0, 0.1) is 0 Å². The molecule has 4 atom stereocenters. The topological polar surface area (TPSA) is 134 Å². The van der Waals surface area contributed by atoms with E-state index in [9.17, 15) is 30.0 Å². The number of carbonyl (C=O) groups excluding carboxylic acids is 2. The summed E-state index contributed by atoms with van der Waals surface area (Å²) in [5.74, 6) is -4.06. The maximum atomic E-state index is 13.0. The maximum absolute atomic E-state index is 13.0. The van der Waals surface area contributed by atoms with Gasteiger partial charge in [0.25, 0.3) is 0 Å². The van der Waals surface area contributed by atoms with Gasteiger partial charge in [-0.25, -0.2) is 0 Å². The Morgan fingerprint density at radius 1 is 0.615 bits per heavy atom. The van der Waals surface area contributed by atoms with Gasteiger partial charge in [-0.1, -0.05) is 0 Å². The molecule has 1 fully saturated rings. The lowest BCUT2D eigenvalue weighted by atomic mass is 9.72. The molecule has 26 heavy (non-hydrogen) atoms. The average molecular weight is 356 g/mol. The number of hydrogen-bond acceptors (Lipinski definition) is 8. The fourth-order valence-corrected chi connectivity index (χ4v) is 3.98. The lowest BCUT2D eigenvalue weighted by Gasteiger charge is -2.30. The monoisotopic (exact) mass is 356 g/mol. The number of phenolic OH excluding ortho intramolecular Hbond substituents is 4. The van der Waals surface area contributed by atoms with Crippen LogP contribution >= 0.6 is 0 Å². The number of Topliss-reactive ketones (excluding diaryl/α,β-unsaturated/α-hetero) is 2. The minimum Gasteiger partial charge on any atom is -0.504 e. The van der Waals surface area contributed by atoms with Crippen molar-refractivity contribution in [2.75, 3.05) is 0 Å². The van der Waals surface area contributed by atoms with Crippen molar-refractivity contribution in [1.82, 2.24) is 0 Å². The Morgan fingerprint density at radius 2 is 0.962 bits per heavy atom. The van der Waals surface area contributed by atoms with E-state index in [1.54, 1.807) is 0 Å². The van der Waals surface area contributed by atoms with Crippen LogP contribution in [0.3, 0.4) is 0 Å². The van der Waals surface area contributed by atoms with Crippen LogP contribution in [0.25, 0.3) is 0 Å². The first-order chi connectivity index (χ1) is 12.4. The third kappa shape index (κ3) is 1.68. The van der Waals surface area contributed by atoms with E-state index in [1.165, 1.54) is 12.1 Å². The van der Waals surface area contributed by atoms with Crippen molar-refractivity contribution in [3.05, 3.63) is 35.4 Å². The molecule has 2 aromatic rings. The molecule has 0 saturated heterocycles. The Balaban J connectivity index is 1.62. The van der Waals surface area contributed by atoms with E-state index >= 15 is 0 Å². The Labute approximate surface area is 145 Å². The minimum absolute atomic E-state index is 0.158. The van der Waals surface area contributed by atoms with E-state index in [1.807, 2.05) is 0 Å². The van der Waals surface area contributed by atoms with E-state index < -0.39 is 58.6 Å². The Hall–Kier alpha value is -3.42. The number of hydrogen-bond donors (Lipinski definition) is 4. The summed E-state index contributed by atoms with van der Waals surface area (Å²) in [6.07, 6.45) is -2.21. The zero-order chi connectivity index (χ0) is 18.3. The zero-order valence-corrected chi connectivity index (χ0v) is 13.0. The van der Waals surface area contributed by atoms with Crippen LogP contribution in [0.15, 0.2) is 24.3 Å². The van der Waals surface area contributed by atoms with Crippen molar-refractivity contribution in [3.63, 3.8) is 0 Å². The normalized spacial score (nSPS) is 27.8. The van der Waals surface area contributed by atoms with Crippen molar-refractivity contribution in [3.8, 4) is 34.5 Å². The standard InChI is InChI=1S/C18H12O8/c19-7-1-5-11(3-9(7)21)25-17-13(5)15(23)18-14(16(17)24)6-2-8(20)10(22)4-12(6)26-18/h1-4,13-14,17-22H. The summed E-state index contributed by atoms with van der Waals surface area (Å²) in [6, 6.07) is 4.75. The Morgan fingerprint density at radius 3 is 1.35 bits per heavy atom. The first-order valence-electron chi connectivity index (χ1n) is 7.89. The summed E-state index contributed by atoms with van der Waals surface area (Å²) < 4.78 is 11.2. The SMILES string of the molecule is O=C1C2Oc3cc(O)c(O)cc3C2C(=O)C2Oc3cc(O)c(O)cc3C12. The number of fused-ring (bicyclic) bond motifs is 6. The van der Waals surface area contributed by atoms with Gasteiger partial charge in [0.05, 0.1) is 11.8 Å². The number of aromatic hydroxyl groups is 4. The molecule has 0 spiro atoms. The summed E-state index contributed by atoms with van der Waals surface area (Å²) in [6.45, 7) is 0. The van der Waals surface area contributed by atoms with Gasteiger partial charge >= 0.3 is 0 Å². The highest BCUT2D eigenvalue weighted by Gasteiger charge is 2.59. The molecule has 5 rings (SSSR count). The number of ether oxygens (including phenoxy) is 2. The molecule has 0 radical (unpaired) electrons. The number of phenols is 4. The molecule has 1 saturated carbocycles. The van der Waals surface area contributed by atoms with Crippen LogP contribution in [0.4, 0.5) is 0 Å². The molecular formula is C18H12O8. The van der Waals surface area contributed by atoms with Gasteiger partial charge in [-0.3, -0.25) is 9.59 Å². The van der Waals surface area contributed by atoms with Crippen molar-refractivity contribution in [2.24, 2.45) is 0 Å². The van der Waals surface area contributed by atoms with Gasteiger partial charge in [-0.2, -0.15) is 0 Å². The smallest absolute Gasteiger partial charge is 0.186 e. The molecule has 8 heteroatoms. The first-order valence-corrected chi connectivity index (χ1v) is 7.89. The van der Waals surface area contributed by atoms with Crippen LogP contribution in [-0.2, 0) is 9.59 Å². The second-order valence-corrected chi connectivity index (χ2v) is 6.59. The predicted octanol–water partition coefficient (Wildman–Crippen LogP) is 1.05. The van der Waals surface area contributed by atoms with Crippen LogP contribution in [-0.4, -0.2) is 44.2 Å². The van der Waals surface area contributed by atoms with Crippen LogP contribution in [0.1, 0.15) is 23.0 Å². The Kier molecular flexibility index (Phi) is 2.63. The zero-order valence-electron chi connectivity index (χ0n) is 13.0.